The van der Waals surface area contributed by atoms with Crippen LogP contribution in [0.4, 0.5) is 5.69 Å². The summed E-state index contributed by atoms with van der Waals surface area (Å²) >= 11 is 6.10. The maximum absolute atomic E-state index is 12.9. The van der Waals surface area contributed by atoms with E-state index >= 15 is 0 Å². The Balaban J connectivity index is 1.31. The highest BCUT2D eigenvalue weighted by Gasteiger charge is 2.51. The van der Waals surface area contributed by atoms with Crippen LogP contribution >= 0.6 is 11.6 Å². The van der Waals surface area contributed by atoms with Gasteiger partial charge in [-0.2, -0.15) is 5.10 Å². The van der Waals surface area contributed by atoms with E-state index in [0.29, 0.717) is 16.8 Å². The van der Waals surface area contributed by atoms with Crippen molar-refractivity contribution in [1.82, 2.24) is 15.2 Å². The molecule has 5 rings (SSSR count). The molecule has 2 aliphatic rings. The molecule has 0 saturated heterocycles. The number of benzene rings is 2. The molecule has 0 radical (unpaired) electrons. The number of nitrogens with one attached hydrogen (secondary N) is 2. The molecule has 3 aromatic rings. The zero-order valence-corrected chi connectivity index (χ0v) is 15.5. The number of aromatic amines is 1. The van der Waals surface area contributed by atoms with E-state index in [4.69, 9.17) is 11.6 Å². The number of hydrogen-bond acceptors (Lipinski definition) is 3. The van der Waals surface area contributed by atoms with Crippen molar-refractivity contribution in [1.29, 1.82) is 0 Å². The van der Waals surface area contributed by atoms with Gasteiger partial charge in [-0.05, 0) is 67.6 Å². The molecular formula is C21H19ClN4O. The van der Waals surface area contributed by atoms with Gasteiger partial charge in [0.25, 0.3) is 0 Å². The Hall–Kier alpha value is -2.66. The van der Waals surface area contributed by atoms with E-state index in [9.17, 15) is 4.79 Å². The van der Waals surface area contributed by atoms with Gasteiger partial charge in [0.05, 0.1) is 5.41 Å². The van der Waals surface area contributed by atoms with Crippen molar-refractivity contribution in [2.75, 3.05) is 5.32 Å². The third-order valence-corrected chi connectivity index (χ3v) is 5.66. The molecule has 0 aliphatic heterocycles. The number of hydrogen-bond donors (Lipinski definition) is 2. The van der Waals surface area contributed by atoms with E-state index in [2.05, 4.69) is 20.5 Å². The van der Waals surface area contributed by atoms with Crippen molar-refractivity contribution in [3.63, 3.8) is 0 Å². The van der Waals surface area contributed by atoms with Gasteiger partial charge in [-0.25, -0.2) is 4.98 Å². The van der Waals surface area contributed by atoms with E-state index in [-0.39, 0.29) is 5.91 Å². The van der Waals surface area contributed by atoms with E-state index in [0.717, 1.165) is 35.5 Å². The first-order valence-corrected chi connectivity index (χ1v) is 9.62. The molecule has 2 aliphatic carbocycles. The van der Waals surface area contributed by atoms with Crippen LogP contribution in [0.2, 0.25) is 5.02 Å². The predicted octanol–water partition coefficient (Wildman–Crippen LogP) is 4.67. The van der Waals surface area contributed by atoms with Gasteiger partial charge in [0.15, 0.2) is 5.82 Å². The number of amides is 1. The van der Waals surface area contributed by atoms with Gasteiger partial charge in [0.1, 0.15) is 5.82 Å². The molecule has 0 unspecified atom stereocenters. The first-order valence-electron chi connectivity index (χ1n) is 9.24. The number of carbonyl (C=O) groups excluding carboxylic acids is 1. The summed E-state index contributed by atoms with van der Waals surface area (Å²) in [6, 6.07) is 15.3. The Morgan fingerprint density at radius 2 is 1.93 bits per heavy atom. The second kappa shape index (κ2) is 6.20. The van der Waals surface area contributed by atoms with Crippen LogP contribution in [-0.4, -0.2) is 21.1 Å². The molecule has 27 heavy (non-hydrogen) atoms. The summed E-state index contributed by atoms with van der Waals surface area (Å²) in [5.41, 5.74) is 2.24. The van der Waals surface area contributed by atoms with Gasteiger partial charge in [0.2, 0.25) is 5.91 Å². The van der Waals surface area contributed by atoms with Crippen LogP contribution in [0.25, 0.3) is 11.4 Å². The summed E-state index contributed by atoms with van der Waals surface area (Å²) in [7, 11) is 0. The van der Waals surface area contributed by atoms with Crippen molar-refractivity contribution in [2.45, 2.75) is 37.0 Å². The molecular weight excluding hydrogens is 360 g/mol. The third-order valence-electron chi connectivity index (χ3n) is 5.43. The van der Waals surface area contributed by atoms with Gasteiger partial charge in [0, 0.05) is 22.2 Å². The summed E-state index contributed by atoms with van der Waals surface area (Å²) in [6.07, 6.45) is 4.07. The summed E-state index contributed by atoms with van der Waals surface area (Å²) < 4.78 is 0. The van der Waals surface area contributed by atoms with Gasteiger partial charge >= 0.3 is 0 Å². The summed E-state index contributed by atoms with van der Waals surface area (Å²) in [5.74, 6) is 2.24. The van der Waals surface area contributed by atoms with E-state index < -0.39 is 5.41 Å². The topological polar surface area (TPSA) is 70.7 Å². The largest absolute Gasteiger partial charge is 0.325 e. The molecule has 2 aromatic carbocycles. The van der Waals surface area contributed by atoms with Crippen LogP contribution in [0, 0.1) is 0 Å². The lowest BCUT2D eigenvalue weighted by molar-refractivity contribution is -0.118. The van der Waals surface area contributed by atoms with E-state index in [1.165, 1.54) is 12.8 Å². The first-order chi connectivity index (χ1) is 13.1. The molecule has 6 heteroatoms. The highest BCUT2D eigenvalue weighted by molar-refractivity contribution is 6.30. The second-order valence-corrected chi connectivity index (χ2v) is 7.88. The van der Waals surface area contributed by atoms with Crippen molar-refractivity contribution in [2.24, 2.45) is 0 Å². The maximum atomic E-state index is 12.9. The highest BCUT2D eigenvalue weighted by atomic mass is 35.5. The van der Waals surface area contributed by atoms with Crippen LogP contribution < -0.4 is 5.32 Å². The number of carbonyl (C=O) groups is 1. The summed E-state index contributed by atoms with van der Waals surface area (Å²) in [6.45, 7) is 0. The minimum absolute atomic E-state index is 0.0198. The quantitative estimate of drug-likeness (QED) is 0.677. The molecule has 2 fully saturated rings. The van der Waals surface area contributed by atoms with Crippen LogP contribution in [0.15, 0.2) is 48.5 Å². The van der Waals surface area contributed by atoms with Crippen LogP contribution in [-0.2, 0) is 10.2 Å². The van der Waals surface area contributed by atoms with E-state index in [1.807, 2.05) is 48.5 Å². The Kier molecular flexibility index (Phi) is 3.79. The average molecular weight is 379 g/mol. The molecule has 0 spiro atoms. The third kappa shape index (κ3) is 3.12. The molecule has 1 aromatic heterocycles. The van der Waals surface area contributed by atoms with Gasteiger partial charge in [-0.3, -0.25) is 9.89 Å². The first kappa shape index (κ1) is 16.5. The van der Waals surface area contributed by atoms with Crippen molar-refractivity contribution in [3.8, 4) is 11.4 Å². The minimum atomic E-state index is -0.452. The monoisotopic (exact) mass is 378 g/mol. The Bertz CT molecular complexity index is 1000. The number of aromatic nitrogens is 3. The molecule has 1 amide bonds. The fraction of sp³-hybridized carbons (Fsp3) is 0.286. The molecule has 1 heterocycles. The highest BCUT2D eigenvalue weighted by Crippen LogP contribution is 2.49. The fourth-order valence-corrected chi connectivity index (χ4v) is 3.64. The fourth-order valence-electron chi connectivity index (χ4n) is 3.45. The Labute approximate surface area is 162 Å². The number of H-pyrrole nitrogens is 1. The van der Waals surface area contributed by atoms with Gasteiger partial charge < -0.3 is 5.32 Å². The lowest BCUT2D eigenvalue weighted by Gasteiger charge is -2.16. The van der Waals surface area contributed by atoms with Crippen LogP contribution in [0.5, 0.6) is 0 Å². The zero-order valence-electron chi connectivity index (χ0n) is 14.7. The summed E-state index contributed by atoms with van der Waals surface area (Å²) in [4.78, 5) is 17.4. The number of rotatable bonds is 5. The molecule has 0 bridgehead atoms. The molecule has 136 valence electrons. The molecule has 0 atom stereocenters. The van der Waals surface area contributed by atoms with Crippen molar-refractivity contribution >= 4 is 23.2 Å². The second-order valence-electron chi connectivity index (χ2n) is 7.44. The molecule has 2 saturated carbocycles. The number of halogens is 1. The standard InChI is InChI=1S/C21H19ClN4O/c22-16-3-1-2-15(12-16)21(10-11-21)20(27)23-17-8-6-14(7-9-17)19-24-18(25-26-19)13-4-5-13/h1-3,6-9,12-13H,4-5,10-11H2,(H,23,27)(H,24,25,26). The molecule has 5 nitrogen and oxygen atoms in total. The minimum Gasteiger partial charge on any atom is -0.325 e. The van der Waals surface area contributed by atoms with Gasteiger partial charge in [-0.15, -0.1) is 0 Å². The van der Waals surface area contributed by atoms with Crippen LogP contribution in [0.1, 0.15) is 43.0 Å². The van der Waals surface area contributed by atoms with Gasteiger partial charge in [-0.1, -0.05) is 23.7 Å². The zero-order chi connectivity index (χ0) is 18.4. The average Bonchev–Trinajstić information content (AvgIpc) is 3.61. The van der Waals surface area contributed by atoms with E-state index in [1.54, 1.807) is 0 Å². The number of anilines is 1. The summed E-state index contributed by atoms with van der Waals surface area (Å²) in [5, 5.41) is 11.0. The normalized spacial score (nSPS) is 17.5. The lowest BCUT2D eigenvalue weighted by atomic mass is 9.95. The van der Waals surface area contributed by atoms with Crippen LogP contribution in [0.3, 0.4) is 0 Å². The SMILES string of the molecule is O=C(Nc1ccc(-c2n[nH]c(C3CC3)n2)cc1)C1(c2cccc(Cl)c2)CC1. The lowest BCUT2D eigenvalue weighted by Crippen LogP contribution is -2.27. The number of nitrogens with zero attached hydrogens (tertiary/aromatic N) is 2. The molecule has 2 N–H and O–H groups in total. The maximum Gasteiger partial charge on any atom is 0.235 e. The Morgan fingerprint density at radius 1 is 1.15 bits per heavy atom. The smallest absolute Gasteiger partial charge is 0.235 e. The van der Waals surface area contributed by atoms with Crippen molar-refractivity contribution < 1.29 is 4.79 Å². The Morgan fingerprint density at radius 3 is 2.59 bits per heavy atom. The van der Waals surface area contributed by atoms with Crippen molar-refractivity contribution in [3.05, 3.63) is 64.9 Å². The predicted molar refractivity (Wildman–Crippen MR) is 105 cm³/mol.